The number of methoxy groups -OCH3 is 1. The van der Waals surface area contributed by atoms with E-state index in [1.807, 2.05) is 0 Å². The van der Waals surface area contributed by atoms with Gasteiger partial charge in [0, 0.05) is 12.1 Å². The number of hydrogen-bond acceptors (Lipinski definition) is 2. The lowest BCUT2D eigenvalue weighted by Crippen LogP contribution is -2.23. The molecular weight excluding hydrogens is 258 g/mol. The minimum Gasteiger partial charge on any atom is -0.497 e. The van der Waals surface area contributed by atoms with Crippen molar-refractivity contribution in [2.45, 2.75) is 38.8 Å². The Morgan fingerprint density at radius 3 is 2.76 bits per heavy atom. The molecule has 0 bridgehead atoms. The number of fused-ring (bicyclic) bond motifs is 1. The summed E-state index contributed by atoms with van der Waals surface area (Å²) in [5, 5.41) is 3.79. The molecule has 3 rings (SSSR count). The van der Waals surface area contributed by atoms with Gasteiger partial charge < -0.3 is 10.1 Å². The van der Waals surface area contributed by atoms with Crippen molar-refractivity contribution in [1.29, 1.82) is 0 Å². The van der Waals surface area contributed by atoms with Crippen molar-refractivity contribution in [3.63, 3.8) is 0 Å². The zero-order chi connectivity index (χ0) is 14.8. The van der Waals surface area contributed by atoms with E-state index in [2.05, 4.69) is 61.6 Å². The lowest BCUT2D eigenvalue weighted by atomic mass is 10.0. The summed E-state index contributed by atoms with van der Waals surface area (Å²) in [7, 11) is 1.73. The third-order valence-corrected chi connectivity index (χ3v) is 4.54. The topological polar surface area (TPSA) is 21.3 Å². The van der Waals surface area contributed by atoms with Gasteiger partial charge >= 0.3 is 0 Å². The summed E-state index contributed by atoms with van der Waals surface area (Å²) in [4.78, 5) is 0. The Bertz CT molecular complexity index is 635. The standard InChI is InChI=1S/C19H23NO/c1-13-6-4-5-7-17(13)14(2)20-19-11-9-15-8-10-16(21-3)12-18(15)19/h4-8,10,12,14,19-20H,9,11H2,1-3H3. The highest BCUT2D eigenvalue weighted by molar-refractivity contribution is 5.41. The molecule has 2 aromatic rings. The van der Waals surface area contributed by atoms with Crippen molar-refractivity contribution in [2.75, 3.05) is 7.11 Å². The highest BCUT2D eigenvalue weighted by atomic mass is 16.5. The van der Waals surface area contributed by atoms with Crippen LogP contribution in [0.2, 0.25) is 0 Å². The van der Waals surface area contributed by atoms with E-state index in [-0.39, 0.29) is 0 Å². The van der Waals surface area contributed by atoms with Crippen molar-refractivity contribution in [3.8, 4) is 5.75 Å². The summed E-state index contributed by atoms with van der Waals surface area (Å²) in [5.74, 6) is 0.950. The summed E-state index contributed by atoms with van der Waals surface area (Å²) >= 11 is 0. The highest BCUT2D eigenvalue weighted by Crippen LogP contribution is 2.35. The van der Waals surface area contributed by atoms with Gasteiger partial charge in [-0.2, -0.15) is 0 Å². The Morgan fingerprint density at radius 1 is 1.19 bits per heavy atom. The van der Waals surface area contributed by atoms with Crippen LogP contribution in [0.3, 0.4) is 0 Å². The molecule has 21 heavy (non-hydrogen) atoms. The van der Waals surface area contributed by atoms with Gasteiger partial charge in [-0.05, 0) is 61.1 Å². The van der Waals surface area contributed by atoms with E-state index < -0.39 is 0 Å². The van der Waals surface area contributed by atoms with Crippen LogP contribution in [0.25, 0.3) is 0 Å². The number of nitrogens with one attached hydrogen (secondary N) is 1. The van der Waals surface area contributed by atoms with Gasteiger partial charge in [0.15, 0.2) is 0 Å². The monoisotopic (exact) mass is 281 g/mol. The van der Waals surface area contributed by atoms with Crippen molar-refractivity contribution < 1.29 is 4.74 Å². The largest absolute Gasteiger partial charge is 0.497 e. The molecule has 2 heteroatoms. The van der Waals surface area contributed by atoms with Gasteiger partial charge in [-0.15, -0.1) is 0 Å². The molecule has 0 aromatic heterocycles. The maximum atomic E-state index is 5.37. The van der Waals surface area contributed by atoms with Crippen LogP contribution in [-0.2, 0) is 6.42 Å². The summed E-state index contributed by atoms with van der Waals surface area (Å²) < 4.78 is 5.37. The van der Waals surface area contributed by atoms with Crippen molar-refractivity contribution in [3.05, 3.63) is 64.7 Å². The zero-order valence-corrected chi connectivity index (χ0v) is 13.0. The first-order valence-corrected chi connectivity index (χ1v) is 7.67. The van der Waals surface area contributed by atoms with E-state index in [9.17, 15) is 0 Å². The normalized spacial score (nSPS) is 18.3. The van der Waals surface area contributed by atoms with Crippen LogP contribution in [0.15, 0.2) is 42.5 Å². The Morgan fingerprint density at radius 2 is 2.00 bits per heavy atom. The van der Waals surface area contributed by atoms with E-state index in [1.54, 1.807) is 7.11 Å². The Hall–Kier alpha value is -1.80. The van der Waals surface area contributed by atoms with Crippen LogP contribution in [-0.4, -0.2) is 7.11 Å². The minimum absolute atomic E-state index is 0.355. The predicted octanol–water partition coefficient (Wildman–Crippen LogP) is 4.34. The van der Waals surface area contributed by atoms with Crippen LogP contribution in [0.5, 0.6) is 5.75 Å². The van der Waals surface area contributed by atoms with Gasteiger partial charge in [0.2, 0.25) is 0 Å². The average Bonchev–Trinajstić information content (AvgIpc) is 2.90. The van der Waals surface area contributed by atoms with Gasteiger partial charge in [-0.1, -0.05) is 30.3 Å². The molecule has 2 atom stereocenters. The first-order valence-electron chi connectivity index (χ1n) is 7.67. The Labute approximate surface area is 127 Å². The summed E-state index contributed by atoms with van der Waals surface area (Å²) in [6.07, 6.45) is 2.32. The number of aryl methyl sites for hydroxylation is 2. The fraction of sp³-hybridized carbons (Fsp3) is 0.368. The van der Waals surface area contributed by atoms with Crippen molar-refractivity contribution in [1.82, 2.24) is 5.32 Å². The Kier molecular flexibility index (Phi) is 3.98. The SMILES string of the molecule is COc1ccc2c(c1)C(NC(C)c1ccccc1C)CC2. The molecule has 0 heterocycles. The highest BCUT2D eigenvalue weighted by Gasteiger charge is 2.24. The number of rotatable bonds is 4. The van der Waals surface area contributed by atoms with Gasteiger partial charge in [-0.25, -0.2) is 0 Å². The van der Waals surface area contributed by atoms with E-state index in [1.165, 1.54) is 28.7 Å². The smallest absolute Gasteiger partial charge is 0.119 e. The van der Waals surface area contributed by atoms with Crippen molar-refractivity contribution >= 4 is 0 Å². The molecular formula is C19H23NO. The van der Waals surface area contributed by atoms with Crippen LogP contribution in [0.1, 0.15) is 47.7 Å². The van der Waals surface area contributed by atoms with Crippen LogP contribution < -0.4 is 10.1 Å². The number of ether oxygens (including phenoxy) is 1. The van der Waals surface area contributed by atoms with E-state index in [0.29, 0.717) is 12.1 Å². The molecule has 0 saturated heterocycles. The fourth-order valence-electron chi connectivity index (χ4n) is 3.34. The second-order valence-corrected chi connectivity index (χ2v) is 5.90. The van der Waals surface area contributed by atoms with Crippen LogP contribution >= 0.6 is 0 Å². The number of hydrogen-bond donors (Lipinski definition) is 1. The molecule has 1 N–H and O–H groups in total. The molecule has 110 valence electrons. The molecule has 2 aromatic carbocycles. The molecule has 1 aliphatic rings. The Balaban J connectivity index is 1.80. The molecule has 2 unspecified atom stereocenters. The summed E-state index contributed by atoms with van der Waals surface area (Å²) in [5.41, 5.74) is 5.58. The van der Waals surface area contributed by atoms with E-state index in [0.717, 1.165) is 12.2 Å². The third kappa shape index (κ3) is 2.81. The molecule has 1 aliphatic carbocycles. The molecule has 0 saturated carbocycles. The molecule has 0 amide bonds. The first kappa shape index (κ1) is 14.2. The lowest BCUT2D eigenvalue weighted by Gasteiger charge is -2.22. The second-order valence-electron chi connectivity index (χ2n) is 5.90. The average molecular weight is 281 g/mol. The van der Waals surface area contributed by atoms with Gasteiger partial charge in [0.25, 0.3) is 0 Å². The van der Waals surface area contributed by atoms with Gasteiger partial charge in [-0.3, -0.25) is 0 Å². The number of benzene rings is 2. The van der Waals surface area contributed by atoms with Gasteiger partial charge in [0.1, 0.15) is 5.75 Å². The molecule has 0 fully saturated rings. The molecule has 0 spiro atoms. The molecule has 0 radical (unpaired) electrons. The van der Waals surface area contributed by atoms with Gasteiger partial charge in [0.05, 0.1) is 7.11 Å². The van der Waals surface area contributed by atoms with Crippen LogP contribution in [0.4, 0.5) is 0 Å². The maximum Gasteiger partial charge on any atom is 0.119 e. The van der Waals surface area contributed by atoms with E-state index in [4.69, 9.17) is 4.74 Å². The third-order valence-electron chi connectivity index (χ3n) is 4.54. The minimum atomic E-state index is 0.355. The second kappa shape index (κ2) is 5.90. The first-order chi connectivity index (χ1) is 10.2. The zero-order valence-electron chi connectivity index (χ0n) is 13.0. The maximum absolute atomic E-state index is 5.37. The molecule has 0 aliphatic heterocycles. The fourth-order valence-corrected chi connectivity index (χ4v) is 3.34. The van der Waals surface area contributed by atoms with Crippen molar-refractivity contribution in [2.24, 2.45) is 0 Å². The van der Waals surface area contributed by atoms with Crippen LogP contribution in [0, 0.1) is 6.92 Å². The summed E-state index contributed by atoms with van der Waals surface area (Å²) in [6, 6.07) is 15.8. The quantitative estimate of drug-likeness (QED) is 0.900. The molecule has 2 nitrogen and oxygen atoms in total. The predicted molar refractivity (Wildman–Crippen MR) is 86.8 cm³/mol. The summed E-state index contributed by atoms with van der Waals surface area (Å²) in [6.45, 7) is 4.43. The van der Waals surface area contributed by atoms with E-state index >= 15 is 0 Å². The lowest BCUT2D eigenvalue weighted by molar-refractivity contribution is 0.412.